The molecule has 2 aromatic carbocycles. The van der Waals surface area contributed by atoms with E-state index in [1.807, 2.05) is 38.4 Å². The van der Waals surface area contributed by atoms with Crippen molar-refractivity contribution >= 4 is 0 Å². The third-order valence-electron chi connectivity index (χ3n) is 3.49. The zero-order valence-corrected chi connectivity index (χ0v) is 13.0. The summed E-state index contributed by atoms with van der Waals surface area (Å²) in [6, 6.07) is 11.5. The van der Waals surface area contributed by atoms with Crippen LogP contribution in [0.5, 0.6) is 0 Å². The molecular weight excluding hydrogens is 296 g/mol. The lowest BCUT2D eigenvalue weighted by Crippen LogP contribution is -2.10. The van der Waals surface area contributed by atoms with Gasteiger partial charge >= 0.3 is 0 Å². The molecular formula is C18H17F2N3. The Kier molecular flexibility index (Phi) is 4.21. The second-order valence-corrected chi connectivity index (χ2v) is 5.65. The summed E-state index contributed by atoms with van der Waals surface area (Å²) in [7, 11) is 4.00. The zero-order chi connectivity index (χ0) is 16.4. The Morgan fingerprint density at radius 2 is 1.91 bits per heavy atom. The fourth-order valence-electron chi connectivity index (χ4n) is 2.56. The summed E-state index contributed by atoms with van der Waals surface area (Å²) in [4.78, 5) is 6.41. The molecule has 1 aromatic heterocycles. The Labute approximate surface area is 133 Å². The van der Waals surface area contributed by atoms with E-state index in [2.05, 4.69) is 9.88 Å². The average Bonchev–Trinajstić information content (AvgIpc) is 2.96. The molecule has 23 heavy (non-hydrogen) atoms. The van der Waals surface area contributed by atoms with Crippen LogP contribution in [0.2, 0.25) is 0 Å². The fourth-order valence-corrected chi connectivity index (χ4v) is 2.56. The van der Waals surface area contributed by atoms with Crippen LogP contribution in [0.15, 0.2) is 54.9 Å². The molecule has 0 N–H and O–H groups in total. The number of hydrogen-bond donors (Lipinski definition) is 0. The highest BCUT2D eigenvalue weighted by Gasteiger charge is 2.12. The van der Waals surface area contributed by atoms with Gasteiger partial charge in [0, 0.05) is 30.6 Å². The van der Waals surface area contributed by atoms with E-state index in [9.17, 15) is 8.78 Å². The second-order valence-electron chi connectivity index (χ2n) is 5.65. The van der Waals surface area contributed by atoms with Gasteiger partial charge in [0.2, 0.25) is 0 Å². The molecule has 1 heterocycles. The normalized spacial score (nSPS) is 11.2. The van der Waals surface area contributed by atoms with Crippen molar-refractivity contribution in [1.82, 2.24) is 14.5 Å². The van der Waals surface area contributed by atoms with Gasteiger partial charge in [0.25, 0.3) is 0 Å². The summed E-state index contributed by atoms with van der Waals surface area (Å²) in [5.41, 5.74) is 2.30. The van der Waals surface area contributed by atoms with Crippen molar-refractivity contribution in [2.24, 2.45) is 0 Å². The van der Waals surface area contributed by atoms with Gasteiger partial charge in [0.15, 0.2) is 0 Å². The molecule has 0 bridgehead atoms. The van der Waals surface area contributed by atoms with E-state index in [0.717, 1.165) is 23.7 Å². The van der Waals surface area contributed by atoms with Gasteiger partial charge in [0.05, 0.1) is 5.69 Å². The lowest BCUT2D eigenvalue weighted by molar-refractivity contribution is 0.402. The molecule has 3 nitrogen and oxygen atoms in total. The summed E-state index contributed by atoms with van der Waals surface area (Å²) in [5.74, 6) is -0.592. The van der Waals surface area contributed by atoms with Gasteiger partial charge in [-0.05, 0) is 37.9 Å². The number of rotatable bonds is 4. The first-order chi connectivity index (χ1) is 11.0. The Hall–Kier alpha value is -2.53. The van der Waals surface area contributed by atoms with Gasteiger partial charge in [-0.1, -0.05) is 18.2 Å². The van der Waals surface area contributed by atoms with Gasteiger partial charge in [-0.3, -0.25) is 4.57 Å². The van der Waals surface area contributed by atoms with Crippen LogP contribution in [0, 0.1) is 11.6 Å². The zero-order valence-electron chi connectivity index (χ0n) is 13.0. The summed E-state index contributed by atoms with van der Waals surface area (Å²) >= 11 is 0. The summed E-state index contributed by atoms with van der Waals surface area (Å²) < 4.78 is 28.8. The summed E-state index contributed by atoms with van der Waals surface area (Å²) in [5, 5.41) is 0. The molecule has 0 aliphatic heterocycles. The van der Waals surface area contributed by atoms with E-state index in [1.165, 1.54) is 12.1 Å². The molecule has 118 valence electrons. The van der Waals surface area contributed by atoms with Crippen LogP contribution in [-0.2, 0) is 6.54 Å². The molecule has 3 rings (SSSR count). The molecule has 0 unspecified atom stereocenters. The van der Waals surface area contributed by atoms with Crippen LogP contribution in [0.25, 0.3) is 17.1 Å². The standard InChI is InChI=1S/C18H17F2N3/c1-22(2)12-13-4-3-5-14(10-13)18-21-8-9-23(18)17-7-6-15(19)11-16(17)20/h3-11H,12H2,1-2H3. The largest absolute Gasteiger partial charge is 0.305 e. The van der Waals surface area contributed by atoms with E-state index < -0.39 is 11.6 Å². The molecule has 0 spiro atoms. The molecule has 0 amide bonds. The molecule has 0 saturated carbocycles. The second kappa shape index (κ2) is 6.30. The Morgan fingerprint density at radius 1 is 1.09 bits per heavy atom. The minimum atomic E-state index is -0.617. The molecule has 3 aromatic rings. The first-order valence-electron chi connectivity index (χ1n) is 7.27. The third kappa shape index (κ3) is 3.29. The Balaban J connectivity index is 2.04. The van der Waals surface area contributed by atoms with Crippen LogP contribution in [-0.4, -0.2) is 28.5 Å². The maximum absolute atomic E-state index is 14.1. The highest BCUT2D eigenvalue weighted by atomic mass is 19.1. The quantitative estimate of drug-likeness (QED) is 0.729. The van der Waals surface area contributed by atoms with Crippen LogP contribution in [0.4, 0.5) is 8.78 Å². The van der Waals surface area contributed by atoms with Crippen molar-refractivity contribution < 1.29 is 8.78 Å². The van der Waals surface area contributed by atoms with Crippen molar-refractivity contribution in [3.8, 4) is 17.1 Å². The number of hydrogen-bond acceptors (Lipinski definition) is 2. The smallest absolute Gasteiger partial charge is 0.150 e. The predicted molar refractivity (Wildman–Crippen MR) is 86.3 cm³/mol. The number of benzene rings is 2. The topological polar surface area (TPSA) is 21.1 Å². The molecule has 0 fully saturated rings. The van der Waals surface area contributed by atoms with Crippen molar-refractivity contribution in [3.63, 3.8) is 0 Å². The molecule has 0 radical (unpaired) electrons. The van der Waals surface area contributed by atoms with Crippen molar-refractivity contribution in [2.75, 3.05) is 14.1 Å². The number of halogens is 2. The van der Waals surface area contributed by atoms with Crippen molar-refractivity contribution in [2.45, 2.75) is 6.54 Å². The first kappa shape index (κ1) is 15.4. The molecule has 0 saturated heterocycles. The number of aromatic nitrogens is 2. The minimum Gasteiger partial charge on any atom is -0.305 e. The van der Waals surface area contributed by atoms with Gasteiger partial charge < -0.3 is 4.90 Å². The van der Waals surface area contributed by atoms with Crippen LogP contribution in [0.1, 0.15) is 5.56 Å². The number of imidazole rings is 1. The van der Waals surface area contributed by atoms with Crippen LogP contribution >= 0.6 is 0 Å². The maximum Gasteiger partial charge on any atom is 0.150 e. The van der Waals surface area contributed by atoms with E-state index in [-0.39, 0.29) is 5.69 Å². The highest BCUT2D eigenvalue weighted by molar-refractivity contribution is 5.60. The van der Waals surface area contributed by atoms with Crippen molar-refractivity contribution in [1.29, 1.82) is 0 Å². The van der Waals surface area contributed by atoms with E-state index in [1.54, 1.807) is 17.0 Å². The Morgan fingerprint density at radius 3 is 2.65 bits per heavy atom. The maximum atomic E-state index is 14.1. The lowest BCUT2D eigenvalue weighted by Gasteiger charge is -2.12. The van der Waals surface area contributed by atoms with Gasteiger partial charge in [0.1, 0.15) is 17.5 Å². The molecule has 5 heteroatoms. The van der Waals surface area contributed by atoms with E-state index in [0.29, 0.717) is 5.82 Å². The monoisotopic (exact) mass is 313 g/mol. The van der Waals surface area contributed by atoms with Crippen LogP contribution < -0.4 is 0 Å². The first-order valence-corrected chi connectivity index (χ1v) is 7.27. The van der Waals surface area contributed by atoms with Gasteiger partial charge in [-0.15, -0.1) is 0 Å². The van der Waals surface area contributed by atoms with Gasteiger partial charge in [-0.25, -0.2) is 13.8 Å². The SMILES string of the molecule is CN(C)Cc1cccc(-c2nccn2-c2ccc(F)cc2F)c1. The highest BCUT2D eigenvalue weighted by Crippen LogP contribution is 2.24. The summed E-state index contributed by atoms with van der Waals surface area (Å²) in [6.45, 7) is 0.805. The van der Waals surface area contributed by atoms with E-state index in [4.69, 9.17) is 0 Å². The summed E-state index contributed by atoms with van der Waals surface area (Å²) in [6.07, 6.45) is 3.28. The fraction of sp³-hybridized carbons (Fsp3) is 0.167. The van der Waals surface area contributed by atoms with Crippen molar-refractivity contribution in [3.05, 3.63) is 72.1 Å². The van der Waals surface area contributed by atoms with Crippen LogP contribution in [0.3, 0.4) is 0 Å². The molecule has 0 aliphatic rings. The molecule has 0 atom stereocenters. The predicted octanol–water partition coefficient (Wildman–Crippen LogP) is 3.88. The van der Waals surface area contributed by atoms with E-state index >= 15 is 0 Å². The molecule has 0 aliphatic carbocycles. The van der Waals surface area contributed by atoms with Gasteiger partial charge in [-0.2, -0.15) is 0 Å². The third-order valence-corrected chi connectivity index (χ3v) is 3.49. The minimum absolute atomic E-state index is 0.275. The number of nitrogens with zero attached hydrogens (tertiary/aromatic N) is 3. The lowest BCUT2D eigenvalue weighted by atomic mass is 10.1. The average molecular weight is 313 g/mol. The Bertz CT molecular complexity index is 825.